The average molecular weight is 208 g/mol. The van der Waals surface area contributed by atoms with Crippen molar-refractivity contribution >= 4 is 22.5 Å². The first-order valence-corrected chi connectivity index (χ1v) is 4.90. The monoisotopic (exact) mass is 207 g/mol. The number of hydrogen-bond acceptors (Lipinski definition) is 2. The van der Waals surface area contributed by atoms with Crippen molar-refractivity contribution in [1.29, 1.82) is 0 Å². The van der Waals surface area contributed by atoms with E-state index in [9.17, 15) is 0 Å². The molecule has 0 atom stereocenters. The van der Waals surface area contributed by atoms with E-state index >= 15 is 0 Å². The van der Waals surface area contributed by atoms with Crippen molar-refractivity contribution in [2.24, 2.45) is 0 Å². The molecule has 0 saturated heterocycles. The second-order valence-electron chi connectivity index (χ2n) is 3.03. The lowest BCUT2D eigenvalue weighted by Gasteiger charge is -2.05. The highest BCUT2D eigenvalue weighted by Crippen LogP contribution is 2.23. The van der Waals surface area contributed by atoms with E-state index in [1.54, 1.807) is 0 Å². The van der Waals surface area contributed by atoms with Crippen LogP contribution in [0.3, 0.4) is 0 Å². The van der Waals surface area contributed by atoms with Crippen LogP contribution in [0.25, 0.3) is 10.9 Å². The largest absolute Gasteiger partial charge is 0.476 e. The minimum atomic E-state index is 0.148. The van der Waals surface area contributed by atoms with Gasteiger partial charge in [0.25, 0.3) is 0 Å². The van der Waals surface area contributed by atoms with Gasteiger partial charge in [-0.1, -0.05) is 29.8 Å². The third kappa shape index (κ3) is 1.66. The summed E-state index contributed by atoms with van der Waals surface area (Å²) < 4.78 is 5.28. The van der Waals surface area contributed by atoms with Gasteiger partial charge in [0.05, 0.1) is 0 Å². The maximum Gasteiger partial charge on any atom is 0.162 e. The molecule has 2 rings (SSSR count). The molecule has 0 aliphatic rings. The van der Waals surface area contributed by atoms with Crippen molar-refractivity contribution < 1.29 is 4.74 Å². The van der Waals surface area contributed by atoms with Crippen LogP contribution in [0.2, 0.25) is 0 Å². The van der Waals surface area contributed by atoms with Crippen molar-refractivity contribution in [2.75, 3.05) is 6.07 Å². The number of benzene rings is 1. The Morgan fingerprint density at radius 2 is 2.14 bits per heavy atom. The van der Waals surface area contributed by atoms with Crippen LogP contribution in [0.15, 0.2) is 30.3 Å². The molecule has 0 amide bonds. The average Bonchev–Trinajstić information content (AvgIpc) is 2.19. The predicted molar refractivity (Wildman–Crippen MR) is 57.8 cm³/mol. The van der Waals surface area contributed by atoms with Crippen molar-refractivity contribution in [3.63, 3.8) is 0 Å². The fourth-order valence-corrected chi connectivity index (χ4v) is 1.51. The van der Waals surface area contributed by atoms with Gasteiger partial charge in [-0.3, -0.25) is 0 Å². The van der Waals surface area contributed by atoms with Gasteiger partial charge in [-0.05, 0) is 19.1 Å². The molecule has 0 aliphatic carbocycles. The number of pyridine rings is 1. The van der Waals surface area contributed by atoms with Gasteiger partial charge >= 0.3 is 0 Å². The number of aryl methyl sites for hydroxylation is 1. The number of hydrogen-bond donors (Lipinski definition) is 0. The molecule has 2 nitrogen and oxygen atoms in total. The number of halogens is 1. The van der Waals surface area contributed by atoms with Crippen LogP contribution in [0.5, 0.6) is 5.75 Å². The van der Waals surface area contributed by atoms with Crippen molar-refractivity contribution in [3.8, 4) is 5.75 Å². The molecule has 0 aliphatic heterocycles. The summed E-state index contributed by atoms with van der Waals surface area (Å²) in [7, 11) is 0. The zero-order valence-corrected chi connectivity index (χ0v) is 8.58. The molecule has 2 aromatic rings. The number of aromatic nitrogens is 1. The Labute approximate surface area is 87.5 Å². The van der Waals surface area contributed by atoms with Crippen molar-refractivity contribution in [1.82, 2.24) is 4.98 Å². The minimum absolute atomic E-state index is 0.148. The van der Waals surface area contributed by atoms with E-state index in [1.165, 1.54) is 0 Å². The lowest BCUT2D eigenvalue weighted by Crippen LogP contribution is -1.92. The summed E-state index contributed by atoms with van der Waals surface area (Å²) in [5, 5.41) is 1.07. The zero-order valence-electron chi connectivity index (χ0n) is 7.83. The molecule has 3 heteroatoms. The zero-order chi connectivity index (χ0) is 9.97. The van der Waals surface area contributed by atoms with E-state index in [-0.39, 0.29) is 6.07 Å². The number of fused-ring (bicyclic) bond motifs is 1. The number of nitrogens with zero attached hydrogens (tertiary/aromatic N) is 1. The molecule has 0 N–H and O–H groups in total. The lowest BCUT2D eigenvalue weighted by atomic mass is 10.2. The highest BCUT2D eigenvalue weighted by molar-refractivity contribution is 6.17. The summed E-state index contributed by atoms with van der Waals surface area (Å²) in [5.41, 5.74) is 1.84. The van der Waals surface area contributed by atoms with Gasteiger partial charge < -0.3 is 4.74 Å². The Hall–Kier alpha value is -1.28. The van der Waals surface area contributed by atoms with E-state index in [0.29, 0.717) is 0 Å². The van der Waals surface area contributed by atoms with Crippen LogP contribution in [-0.4, -0.2) is 11.1 Å². The van der Waals surface area contributed by atoms with Gasteiger partial charge in [0.15, 0.2) is 6.07 Å². The first-order valence-electron chi connectivity index (χ1n) is 4.36. The quantitative estimate of drug-likeness (QED) is 0.706. The van der Waals surface area contributed by atoms with Gasteiger partial charge in [-0.15, -0.1) is 0 Å². The van der Waals surface area contributed by atoms with Gasteiger partial charge in [0.2, 0.25) is 0 Å². The normalized spacial score (nSPS) is 10.4. The number of rotatable bonds is 2. The first kappa shape index (κ1) is 9.28. The first-order chi connectivity index (χ1) is 6.81. The molecule has 0 unspecified atom stereocenters. The molecule has 1 heterocycles. The fourth-order valence-electron chi connectivity index (χ4n) is 1.39. The summed E-state index contributed by atoms with van der Waals surface area (Å²) in [4.78, 5) is 4.41. The maximum absolute atomic E-state index is 5.53. The molecule has 0 saturated carbocycles. The van der Waals surface area contributed by atoms with Crippen molar-refractivity contribution in [3.05, 3.63) is 36.0 Å². The minimum Gasteiger partial charge on any atom is -0.476 e. The molecule has 72 valence electrons. The van der Waals surface area contributed by atoms with Gasteiger partial charge in [0, 0.05) is 11.1 Å². The Kier molecular flexibility index (Phi) is 2.55. The summed E-state index contributed by atoms with van der Waals surface area (Å²) in [6.45, 7) is 1.96. The number of alkyl halides is 1. The fraction of sp³-hybridized carbons (Fsp3) is 0.182. The van der Waals surface area contributed by atoms with Crippen LogP contribution >= 0.6 is 11.6 Å². The van der Waals surface area contributed by atoms with Crippen LogP contribution < -0.4 is 4.74 Å². The third-order valence-electron chi connectivity index (χ3n) is 2.03. The van der Waals surface area contributed by atoms with E-state index in [1.807, 2.05) is 37.3 Å². The summed E-state index contributed by atoms with van der Waals surface area (Å²) in [5.74, 6) is 0.737. The molecule has 1 aromatic carbocycles. The van der Waals surface area contributed by atoms with Crippen LogP contribution in [0, 0.1) is 6.92 Å². The molecular formula is C11H10ClNO. The topological polar surface area (TPSA) is 22.1 Å². The Balaban J connectivity index is 2.64. The standard InChI is InChI=1S/C11H10ClNO/c1-8-5-6-9-3-2-4-10(14-7-12)11(9)13-8/h2-6H,7H2,1H3. The smallest absolute Gasteiger partial charge is 0.162 e. The third-order valence-corrected chi connectivity index (χ3v) is 2.14. The molecule has 0 fully saturated rings. The van der Waals surface area contributed by atoms with Crippen LogP contribution in [0.1, 0.15) is 5.69 Å². The molecule has 0 radical (unpaired) electrons. The summed E-state index contributed by atoms with van der Waals surface area (Å²) in [6, 6.07) is 9.96. The van der Waals surface area contributed by atoms with E-state index < -0.39 is 0 Å². The summed E-state index contributed by atoms with van der Waals surface area (Å²) in [6.07, 6.45) is 0. The SMILES string of the molecule is Cc1ccc2cccc(OCCl)c2n1. The maximum atomic E-state index is 5.53. The van der Waals surface area contributed by atoms with E-state index in [2.05, 4.69) is 4.98 Å². The Morgan fingerprint density at radius 3 is 2.93 bits per heavy atom. The predicted octanol–water partition coefficient (Wildman–Crippen LogP) is 3.12. The van der Waals surface area contributed by atoms with E-state index in [4.69, 9.17) is 16.3 Å². The molecule has 1 aromatic heterocycles. The molecule has 14 heavy (non-hydrogen) atoms. The van der Waals surface area contributed by atoms with Crippen LogP contribution in [0.4, 0.5) is 0 Å². The molecular weight excluding hydrogens is 198 g/mol. The van der Waals surface area contributed by atoms with Gasteiger partial charge in [0.1, 0.15) is 11.3 Å². The van der Waals surface area contributed by atoms with Gasteiger partial charge in [-0.2, -0.15) is 0 Å². The molecule has 0 bridgehead atoms. The Bertz CT molecular complexity index is 456. The second kappa shape index (κ2) is 3.84. The molecule has 0 spiro atoms. The van der Waals surface area contributed by atoms with Gasteiger partial charge in [-0.25, -0.2) is 4.98 Å². The Morgan fingerprint density at radius 1 is 1.29 bits per heavy atom. The number of para-hydroxylation sites is 1. The second-order valence-corrected chi connectivity index (χ2v) is 3.25. The van der Waals surface area contributed by atoms with E-state index in [0.717, 1.165) is 22.3 Å². The van der Waals surface area contributed by atoms with Crippen LogP contribution in [-0.2, 0) is 0 Å². The highest BCUT2D eigenvalue weighted by Gasteiger charge is 2.02. The number of ether oxygens (including phenoxy) is 1. The highest BCUT2D eigenvalue weighted by atomic mass is 35.5. The van der Waals surface area contributed by atoms with Crippen molar-refractivity contribution in [2.45, 2.75) is 6.92 Å². The lowest BCUT2D eigenvalue weighted by molar-refractivity contribution is 0.392. The summed E-state index contributed by atoms with van der Waals surface area (Å²) >= 11 is 5.53.